The minimum Gasteiger partial charge on any atom is -0.265 e. The second-order valence-corrected chi connectivity index (χ2v) is 9.36. The highest BCUT2D eigenvalue weighted by atomic mass is 79.9. The van der Waals surface area contributed by atoms with E-state index in [0.29, 0.717) is 17.3 Å². The molecule has 108 valence electrons. The third-order valence-electron chi connectivity index (χ3n) is 2.68. The van der Waals surface area contributed by atoms with Crippen LogP contribution in [0.15, 0.2) is 43.1 Å². The van der Waals surface area contributed by atoms with E-state index < -0.39 is 10.0 Å². The zero-order chi connectivity index (χ0) is 14.8. The van der Waals surface area contributed by atoms with E-state index in [1.165, 1.54) is 15.6 Å². The third kappa shape index (κ3) is 3.48. The molecular formula is C12H12Br2N2O2S2. The van der Waals surface area contributed by atoms with E-state index in [1.54, 1.807) is 18.5 Å². The topological polar surface area (TPSA) is 50.3 Å². The highest BCUT2D eigenvalue weighted by molar-refractivity contribution is 9.13. The minimum atomic E-state index is -3.48. The van der Waals surface area contributed by atoms with Crippen molar-refractivity contribution in [3.8, 4) is 0 Å². The van der Waals surface area contributed by atoms with Gasteiger partial charge in [-0.15, -0.1) is 11.3 Å². The van der Waals surface area contributed by atoms with Crippen LogP contribution in [0.3, 0.4) is 0 Å². The maximum absolute atomic E-state index is 12.6. The van der Waals surface area contributed by atoms with Crippen LogP contribution in [-0.2, 0) is 16.6 Å². The van der Waals surface area contributed by atoms with Gasteiger partial charge >= 0.3 is 0 Å². The lowest BCUT2D eigenvalue weighted by Crippen LogP contribution is -2.29. The fourth-order valence-corrected chi connectivity index (χ4v) is 6.05. The highest BCUT2D eigenvalue weighted by Crippen LogP contribution is 2.36. The van der Waals surface area contributed by atoms with Crippen molar-refractivity contribution in [3.63, 3.8) is 0 Å². The summed E-state index contributed by atoms with van der Waals surface area (Å²) < 4.78 is 28.5. The van der Waals surface area contributed by atoms with Gasteiger partial charge in [-0.25, -0.2) is 8.42 Å². The Kier molecular flexibility index (Phi) is 5.36. The quantitative estimate of drug-likeness (QED) is 0.710. The van der Waals surface area contributed by atoms with Crippen molar-refractivity contribution in [1.82, 2.24) is 9.29 Å². The molecule has 4 nitrogen and oxygen atoms in total. The Morgan fingerprint density at radius 1 is 1.30 bits per heavy atom. The van der Waals surface area contributed by atoms with Crippen LogP contribution >= 0.6 is 43.2 Å². The maximum Gasteiger partial charge on any atom is 0.252 e. The Morgan fingerprint density at radius 2 is 1.95 bits per heavy atom. The maximum atomic E-state index is 12.6. The van der Waals surface area contributed by atoms with Gasteiger partial charge in [0.2, 0.25) is 0 Å². The van der Waals surface area contributed by atoms with Gasteiger partial charge in [0.05, 0.1) is 3.79 Å². The van der Waals surface area contributed by atoms with Crippen LogP contribution in [0.4, 0.5) is 0 Å². The monoisotopic (exact) mass is 438 g/mol. The largest absolute Gasteiger partial charge is 0.265 e. The Bertz CT molecular complexity index is 667. The van der Waals surface area contributed by atoms with E-state index in [4.69, 9.17) is 0 Å². The van der Waals surface area contributed by atoms with Crippen LogP contribution in [-0.4, -0.2) is 24.3 Å². The molecule has 0 bridgehead atoms. The molecule has 0 amide bonds. The van der Waals surface area contributed by atoms with E-state index in [0.717, 1.165) is 13.8 Å². The first-order valence-corrected chi connectivity index (χ1v) is 9.63. The van der Waals surface area contributed by atoms with Crippen LogP contribution in [0.2, 0.25) is 0 Å². The first-order chi connectivity index (χ1) is 9.45. The van der Waals surface area contributed by atoms with E-state index in [9.17, 15) is 8.42 Å². The zero-order valence-corrected chi connectivity index (χ0v) is 15.4. The molecule has 2 aromatic rings. The standard InChI is InChI=1S/C12H12Br2N2O2S2/c1-2-16(8-9-3-5-15-6-4-9)20(17,18)11-7-10(13)12(14)19-11/h3-7H,2,8H2,1H3. The molecule has 0 unspecified atom stereocenters. The van der Waals surface area contributed by atoms with Crippen LogP contribution in [0, 0.1) is 0 Å². The Morgan fingerprint density at radius 3 is 2.45 bits per heavy atom. The predicted molar refractivity (Wildman–Crippen MR) is 87.2 cm³/mol. The molecule has 0 spiro atoms. The van der Waals surface area contributed by atoms with Crippen molar-refractivity contribution in [1.29, 1.82) is 0 Å². The number of pyridine rings is 1. The summed E-state index contributed by atoms with van der Waals surface area (Å²) in [7, 11) is -3.48. The summed E-state index contributed by atoms with van der Waals surface area (Å²) in [5.41, 5.74) is 0.917. The first kappa shape index (κ1) is 16.1. The second-order valence-electron chi connectivity index (χ2n) is 3.97. The van der Waals surface area contributed by atoms with Crippen LogP contribution < -0.4 is 0 Å². The van der Waals surface area contributed by atoms with Crippen molar-refractivity contribution >= 4 is 53.2 Å². The SMILES string of the molecule is CCN(Cc1ccncc1)S(=O)(=O)c1cc(Br)c(Br)s1. The van der Waals surface area contributed by atoms with E-state index in [1.807, 2.05) is 19.1 Å². The van der Waals surface area contributed by atoms with Crippen molar-refractivity contribution in [2.45, 2.75) is 17.7 Å². The Hall–Kier alpha value is -0.280. The number of aromatic nitrogens is 1. The Labute approximate surface area is 139 Å². The highest BCUT2D eigenvalue weighted by Gasteiger charge is 2.26. The molecule has 0 aromatic carbocycles. The van der Waals surface area contributed by atoms with E-state index in [2.05, 4.69) is 36.8 Å². The molecule has 0 atom stereocenters. The number of thiophene rings is 1. The van der Waals surface area contributed by atoms with Gasteiger partial charge in [0.1, 0.15) is 4.21 Å². The molecule has 0 aliphatic carbocycles. The van der Waals surface area contributed by atoms with Crippen molar-refractivity contribution in [2.24, 2.45) is 0 Å². The molecule has 0 saturated heterocycles. The zero-order valence-electron chi connectivity index (χ0n) is 10.6. The minimum absolute atomic E-state index is 0.326. The number of rotatable bonds is 5. The molecular weight excluding hydrogens is 428 g/mol. The summed E-state index contributed by atoms with van der Waals surface area (Å²) in [5.74, 6) is 0. The summed E-state index contributed by atoms with van der Waals surface area (Å²) in [6.45, 7) is 2.59. The smallest absolute Gasteiger partial charge is 0.252 e. The van der Waals surface area contributed by atoms with E-state index >= 15 is 0 Å². The summed E-state index contributed by atoms with van der Waals surface area (Å²) in [4.78, 5) is 3.94. The summed E-state index contributed by atoms with van der Waals surface area (Å²) in [6.07, 6.45) is 3.32. The molecule has 0 N–H and O–H groups in total. The fraction of sp³-hybridized carbons (Fsp3) is 0.250. The molecule has 0 aliphatic rings. The normalized spacial score (nSPS) is 12.0. The van der Waals surface area contributed by atoms with Crippen LogP contribution in [0.25, 0.3) is 0 Å². The van der Waals surface area contributed by atoms with Gasteiger partial charge in [0.15, 0.2) is 0 Å². The van der Waals surface area contributed by atoms with Gasteiger partial charge in [-0.3, -0.25) is 4.98 Å². The van der Waals surface area contributed by atoms with Crippen molar-refractivity contribution in [2.75, 3.05) is 6.54 Å². The molecule has 0 saturated carbocycles. The number of nitrogens with zero attached hydrogens (tertiary/aromatic N) is 2. The predicted octanol–water partition coefficient (Wildman–Crippen LogP) is 3.88. The first-order valence-electron chi connectivity index (χ1n) is 5.79. The van der Waals surface area contributed by atoms with Crippen molar-refractivity contribution in [3.05, 3.63) is 44.4 Å². The molecule has 20 heavy (non-hydrogen) atoms. The summed E-state index contributed by atoms with van der Waals surface area (Å²) in [6, 6.07) is 5.26. The van der Waals surface area contributed by atoms with Gasteiger partial charge in [-0.2, -0.15) is 4.31 Å². The lowest BCUT2D eigenvalue weighted by Gasteiger charge is -2.19. The van der Waals surface area contributed by atoms with Crippen LogP contribution in [0.1, 0.15) is 12.5 Å². The molecule has 2 aromatic heterocycles. The average molecular weight is 440 g/mol. The molecule has 2 rings (SSSR count). The van der Waals surface area contributed by atoms with Crippen LogP contribution in [0.5, 0.6) is 0 Å². The lowest BCUT2D eigenvalue weighted by molar-refractivity contribution is 0.424. The molecule has 8 heteroatoms. The molecule has 2 heterocycles. The van der Waals surface area contributed by atoms with Gasteiger partial charge in [-0.1, -0.05) is 6.92 Å². The summed E-state index contributed by atoms with van der Waals surface area (Å²) in [5, 5.41) is 0. The summed E-state index contributed by atoms with van der Waals surface area (Å²) >= 11 is 7.85. The Balaban J connectivity index is 2.30. The number of sulfonamides is 1. The number of hydrogen-bond donors (Lipinski definition) is 0. The average Bonchev–Trinajstić information content (AvgIpc) is 2.78. The van der Waals surface area contributed by atoms with Gasteiger partial charge in [0, 0.05) is 30.0 Å². The van der Waals surface area contributed by atoms with Gasteiger partial charge < -0.3 is 0 Å². The third-order valence-corrected chi connectivity index (χ3v) is 8.30. The number of hydrogen-bond acceptors (Lipinski definition) is 4. The molecule has 0 fully saturated rings. The second kappa shape index (κ2) is 6.65. The van der Waals surface area contributed by atoms with E-state index in [-0.39, 0.29) is 0 Å². The number of halogens is 2. The fourth-order valence-electron chi connectivity index (χ4n) is 1.64. The molecule has 0 radical (unpaired) electrons. The molecule has 0 aliphatic heterocycles. The van der Waals surface area contributed by atoms with Gasteiger partial charge in [0.25, 0.3) is 10.0 Å². The lowest BCUT2D eigenvalue weighted by atomic mass is 10.3. The van der Waals surface area contributed by atoms with Crippen molar-refractivity contribution < 1.29 is 8.42 Å². The van der Waals surface area contributed by atoms with Gasteiger partial charge in [-0.05, 0) is 55.6 Å².